The van der Waals surface area contributed by atoms with Crippen LogP contribution in [-0.2, 0) is 20.4 Å². The number of aliphatic hydroxyl groups is 1. The van der Waals surface area contributed by atoms with Crippen LogP contribution in [0.3, 0.4) is 0 Å². The van der Waals surface area contributed by atoms with Gasteiger partial charge in [-0.15, -0.1) is 0 Å². The maximum Gasteiger partial charge on any atom is 0.430 e. The van der Waals surface area contributed by atoms with Gasteiger partial charge in [0.15, 0.2) is 0 Å². The van der Waals surface area contributed by atoms with E-state index in [0.717, 1.165) is 6.20 Å². The first-order chi connectivity index (χ1) is 14.8. The van der Waals surface area contributed by atoms with Gasteiger partial charge in [-0.25, -0.2) is 13.4 Å². The van der Waals surface area contributed by atoms with Gasteiger partial charge in [-0.3, -0.25) is 4.72 Å². The van der Waals surface area contributed by atoms with Crippen molar-refractivity contribution in [2.24, 2.45) is 0 Å². The van der Waals surface area contributed by atoms with E-state index in [-0.39, 0.29) is 10.6 Å². The molecule has 1 aromatic carbocycles. The number of alkyl halides is 6. The van der Waals surface area contributed by atoms with Crippen molar-refractivity contribution in [1.29, 1.82) is 0 Å². The maximum atomic E-state index is 12.9. The van der Waals surface area contributed by atoms with Crippen LogP contribution >= 0.6 is 0 Å². The highest BCUT2D eigenvalue weighted by atomic mass is 32.2. The van der Waals surface area contributed by atoms with E-state index in [1.54, 1.807) is 0 Å². The molecule has 32 heavy (non-hydrogen) atoms. The lowest BCUT2D eigenvalue weighted by molar-refractivity contribution is -0.376. The van der Waals surface area contributed by atoms with Crippen molar-refractivity contribution < 1.29 is 44.6 Å². The minimum Gasteiger partial charge on any atom is -0.378 e. The zero-order valence-corrected chi connectivity index (χ0v) is 16.9. The summed E-state index contributed by atoms with van der Waals surface area (Å²) in [5, 5.41) is 9.38. The Morgan fingerprint density at radius 2 is 1.50 bits per heavy atom. The maximum absolute atomic E-state index is 12.9. The standard InChI is InChI=1S/C18H17F6N3O4S/c19-17(20,21)16(28,18(22,23)24)12-1-3-13(4-2-12)26-32(29,30)14-5-6-15(25-11-14)27-7-9-31-10-8-27/h1-6,11,26,28H,7-10H2. The molecule has 1 fully saturated rings. The second kappa shape index (κ2) is 8.41. The first-order valence-electron chi connectivity index (χ1n) is 9.04. The fourth-order valence-corrected chi connectivity index (χ4v) is 4.00. The number of hydrogen-bond donors (Lipinski definition) is 2. The monoisotopic (exact) mass is 485 g/mol. The lowest BCUT2D eigenvalue weighted by atomic mass is 9.92. The molecule has 7 nitrogen and oxygen atoms in total. The van der Waals surface area contributed by atoms with Crippen LogP contribution in [0.1, 0.15) is 5.56 Å². The zero-order chi connectivity index (χ0) is 23.8. The van der Waals surface area contributed by atoms with Gasteiger partial charge in [-0.05, 0) is 24.3 Å². The van der Waals surface area contributed by atoms with E-state index in [1.807, 2.05) is 9.62 Å². The topological polar surface area (TPSA) is 91.8 Å². The molecule has 0 spiro atoms. The number of morpholine rings is 1. The van der Waals surface area contributed by atoms with Crippen molar-refractivity contribution in [3.8, 4) is 0 Å². The summed E-state index contributed by atoms with van der Waals surface area (Å²) in [6.45, 7) is 2.14. The molecule has 0 unspecified atom stereocenters. The third-order valence-electron chi connectivity index (χ3n) is 4.74. The summed E-state index contributed by atoms with van der Waals surface area (Å²) in [5.74, 6) is 0.523. The third-order valence-corrected chi connectivity index (χ3v) is 6.11. The van der Waals surface area contributed by atoms with Crippen LogP contribution in [0.5, 0.6) is 0 Å². The van der Waals surface area contributed by atoms with Crippen molar-refractivity contribution >= 4 is 21.5 Å². The second-order valence-electron chi connectivity index (χ2n) is 6.84. The highest BCUT2D eigenvalue weighted by Crippen LogP contribution is 2.50. The Kier molecular flexibility index (Phi) is 6.32. The van der Waals surface area contributed by atoms with Gasteiger partial charge in [-0.1, -0.05) is 12.1 Å². The van der Waals surface area contributed by atoms with E-state index in [0.29, 0.717) is 56.4 Å². The molecule has 0 amide bonds. The third kappa shape index (κ3) is 4.61. The average Bonchev–Trinajstić information content (AvgIpc) is 2.72. The molecule has 2 aromatic rings. The number of pyridine rings is 1. The van der Waals surface area contributed by atoms with Gasteiger partial charge in [0.1, 0.15) is 10.7 Å². The highest BCUT2D eigenvalue weighted by Gasteiger charge is 2.71. The van der Waals surface area contributed by atoms with Crippen molar-refractivity contribution in [2.75, 3.05) is 35.9 Å². The number of sulfonamides is 1. The molecule has 0 bridgehead atoms. The highest BCUT2D eigenvalue weighted by molar-refractivity contribution is 7.92. The Labute approximate surface area is 178 Å². The van der Waals surface area contributed by atoms with Gasteiger partial charge < -0.3 is 14.7 Å². The smallest absolute Gasteiger partial charge is 0.378 e. The molecule has 14 heteroatoms. The summed E-state index contributed by atoms with van der Waals surface area (Å²) in [5.41, 5.74) is -6.91. The van der Waals surface area contributed by atoms with Crippen LogP contribution in [-0.4, -0.2) is 57.2 Å². The minimum absolute atomic E-state index is 0.263. The molecular formula is C18H17F6N3O4S. The van der Waals surface area contributed by atoms with Crippen LogP contribution in [0, 0.1) is 0 Å². The Hall–Kier alpha value is -2.58. The molecule has 1 aliphatic rings. The summed E-state index contributed by atoms with van der Waals surface area (Å²) in [4.78, 5) is 5.70. The number of anilines is 2. The predicted octanol–water partition coefficient (Wildman–Crippen LogP) is 3.03. The minimum atomic E-state index is -6.04. The average molecular weight is 485 g/mol. The SMILES string of the molecule is O=S(=O)(Nc1ccc(C(O)(C(F)(F)F)C(F)(F)F)cc1)c1ccc(N2CCOCC2)nc1. The van der Waals surface area contributed by atoms with Gasteiger partial charge in [-0.2, -0.15) is 26.3 Å². The number of hydrogen-bond acceptors (Lipinski definition) is 6. The van der Waals surface area contributed by atoms with E-state index in [4.69, 9.17) is 4.74 Å². The lowest BCUT2D eigenvalue weighted by Gasteiger charge is -2.32. The molecule has 1 saturated heterocycles. The number of nitrogens with one attached hydrogen (secondary N) is 1. The quantitative estimate of drug-likeness (QED) is 0.633. The molecule has 0 radical (unpaired) electrons. The van der Waals surface area contributed by atoms with Crippen LogP contribution in [0.2, 0.25) is 0 Å². The molecule has 0 saturated carbocycles. The van der Waals surface area contributed by atoms with Gasteiger partial charge in [0.05, 0.1) is 13.2 Å². The number of nitrogens with zero attached hydrogens (tertiary/aromatic N) is 2. The van der Waals surface area contributed by atoms with Gasteiger partial charge in [0, 0.05) is 30.5 Å². The Morgan fingerprint density at radius 1 is 0.938 bits per heavy atom. The summed E-state index contributed by atoms with van der Waals surface area (Å²) in [6, 6.07) is 4.79. The van der Waals surface area contributed by atoms with Crippen molar-refractivity contribution in [2.45, 2.75) is 22.8 Å². The van der Waals surface area contributed by atoms with Crippen molar-refractivity contribution in [1.82, 2.24) is 4.98 Å². The molecule has 1 aliphatic heterocycles. The number of halogens is 6. The number of aromatic nitrogens is 1. The predicted molar refractivity (Wildman–Crippen MR) is 101 cm³/mol. The lowest BCUT2D eigenvalue weighted by Crippen LogP contribution is -2.53. The Balaban J connectivity index is 1.80. The summed E-state index contributed by atoms with van der Waals surface area (Å²) in [6.07, 6.45) is -11.0. The van der Waals surface area contributed by atoms with E-state index in [2.05, 4.69) is 4.98 Å². The molecule has 2 heterocycles. The Bertz CT molecular complexity index is 1020. The largest absolute Gasteiger partial charge is 0.430 e. The van der Waals surface area contributed by atoms with E-state index >= 15 is 0 Å². The molecule has 0 aliphatic carbocycles. The van der Waals surface area contributed by atoms with Gasteiger partial charge >= 0.3 is 12.4 Å². The van der Waals surface area contributed by atoms with Crippen LogP contribution in [0.15, 0.2) is 47.5 Å². The van der Waals surface area contributed by atoms with E-state index < -0.39 is 33.5 Å². The van der Waals surface area contributed by atoms with Crippen LogP contribution in [0.25, 0.3) is 0 Å². The number of benzene rings is 1. The van der Waals surface area contributed by atoms with E-state index in [1.165, 1.54) is 12.1 Å². The molecule has 0 atom stereocenters. The summed E-state index contributed by atoms with van der Waals surface area (Å²) >= 11 is 0. The summed E-state index contributed by atoms with van der Waals surface area (Å²) in [7, 11) is -4.23. The van der Waals surface area contributed by atoms with E-state index in [9.17, 15) is 39.9 Å². The number of ether oxygens (including phenoxy) is 1. The summed E-state index contributed by atoms with van der Waals surface area (Å²) < 4.78 is 110. The fourth-order valence-electron chi connectivity index (χ4n) is 2.99. The fraction of sp³-hybridized carbons (Fsp3) is 0.389. The van der Waals surface area contributed by atoms with Gasteiger partial charge in [0.2, 0.25) is 0 Å². The molecular weight excluding hydrogens is 468 g/mol. The number of rotatable bonds is 5. The first-order valence-corrected chi connectivity index (χ1v) is 10.5. The molecule has 2 N–H and O–H groups in total. The molecule has 1 aromatic heterocycles. The van der Waals surface area contributed by atoms with Crippen LogP contribution in [0.4, 0.5) is 37.8 Å². The molecule has 176 valence electrons. The zero-order valence-electron chi connectivity index (χ0n) is 16.1. The second-order valence-corrected chi connectivity index (χ2v) is 8.52. The molecule has 3 rings (SSSR count). The first kappa shape index (κ1) is 24.1. The van der Waals surface area contributed by atoms with Gasteiger partial charge in [0.25, 0.3) is 15.6 Å². The van der Waals surface area contributed by atoms with Crippen molar-refractivity contribution in [3.05, 3.63) is 48.2 Å². The Morgan fingerprint density at radius 3 is 1.97 bits per heavy atom. The van der Waals surface area contributed by atoms with Crippen molar-refractivity contribution in [3.63, 3.8) is 0 Å². The normalized spacial score (nSPS) is 16.2. The van der Waals surface area contributed by atoms with Crippen LogP contribution < -0.4 is 9.62 Å².